The third kappa shape index (κ3) is 1.15. The van der Waals surface area contributed by atoms with Crippen LogP contribution in [0.3, 0.4) is 0 Å². The van der Waals surface area contributed by atoms with Crippen molar-refractivity contribution in [2.75, 3.05) is 0 Å². The van der Waals surface area contributed by atoms with E-state index in [2.05, 4.69) is 5.10 Å². The van der Waals surface area contributed by atoms with Crippen molar-refractivity contribution in [3.8, 4) is 0 Å². The summed E-state index contributed by atoms with van der Waals surface area (Å²) in [6, 6.07) is 3.17. The maximum atomic E-state index is 10.8. The van der Waals surface area contributed by atoms with Gasteiger partial charge in [-0.2, -0.15) is 5.10 Å². The molecular weight excluding hydrogens is 204 g/mol. The van der Waals surface area contributed by atoms with Crippen LogP contribution in [0.1, 0.15) is 10.4 Å². The number of aryl methyl sites for hydroxylation is 1. The molecule has 0 saturated carbocycles. The zero-order chi connectivity index (χ0) is 10.3. The third-order valence-corrected chi connectivity index (χ3v) is 2.45. The molecule has 1 N–H and O–H groups in total. The Kier molecular flexibility index (Phi) is 1.93. The van der Waals surface area contributed by atoms with Gasteiger partial charge in [-0.05, 0) is 6.07 Å². The standard InChI is InChI=1S/C9H7ClN2O2/c1-12-8-5(4-11-12)2-3-6(7(8)10)9(13)14/h2-4H,1H3,(H,13,14). The average molecular weight is 211 g/mol. The van der Waals surface area contributed by atoms with Crippen LogP contribution in [-0.2, 0) is 7.05 Å². The minimum absolute atomic E-state index is 0.0998. The van der Waals surface area contributed by atoms with Gasteiger partial charge in [-0.15, -0.1) is 0 Å². The molecule has 0 radical (unpaired) electrons. The van der Waals surface area contributed by atoms with E-state index in [0.29, 0.717) is 5.52 Å². The van der Waals surface area contributed by atoms with Crippen LogP contribution in [0, 0.1) is 0 Å². The van der Waals surface area contributed by atoms with Gasteiger partial charge in [-0.1, -0.05) is 17.7 Å². The molecule has 14 heavy (non-hydrogen) atoms. The largest absolute Gasteiger partial charge is 0.478 e. The van der Waals surface area contributed by atoms with Gasteiger partial charge in [-0.3, -0.25) is 4.68 Å². The molecule has 0 saturated heterocycles. The number of hydrogen-bond donors (Lipinski definition) is 1. The Morgan fingerprint density at radius 2 is 2.29 bits per heavy atom. The summed E-state index contributed by atoms with van der Waals surface area (Å²) < 4.78 is 1.56. The first-order valence-electron chi connectivity index (χ1n) is 3.95. The number of carboxylic acids is 1. The van der Waals surface area contributed by atoms with E-state index in [1.165, 1.54) is 6.07 Å². The number of carboxylic acid groups (broad SMARTS) is 1. The Bertz CT molecular complexity index is 519. The first kappa shape index (κ1) is 9.02. The highest BCUT2D eigenvalue weighted by atomic mass is 35.5. The van der Waals surface area contributed by atoms with Gasteiger partial charge >= 0.3 is 5.97 Å². The van der Waals surface area contributed by atoms with Crippen molar-refractivity contribution in [3.05, 3.63) is 28.9 Å². The van der Waals surface area contributed by atoms with E-state index >= 15 is 0 Å². The highest BCUT2D eigenvalue weighted by molar-refractivity contribution is 6.38. The molecule has 0 spiro atoms. The number of halogens is 1. The molecular formula is C9H7ClN2O2. The summed E-state index contributed by atoms with van der Waals surface area (Å²) in [4.78, 5) is 10.8. The SMILES string of the molecule is Cn1ncc2ccc(C(=O)O)c(Cl)c21. The molecule has 5 heteroatoms. The lowest BCUT2D eigenvalue weighted by Crippen LogP contribution is -1.99. The molecule has 0 aliphatic carbocycles. The molecule has 0 bridgehead atoms. The van der Waals surface area contributed by atoms with Crippen LogP contribution < -0.4 is 0 Å². The maximum absolute atomic E-state index is 10.8. The Labute approximate surface area is 84.7 Å². The molecule has 1 heterocycles. The van der Waals surface area contributed by atoms with E-state index in [1.807, 2.05) is 0 Å². The van der Waals surface area contributed by atoms with Gasteiger partial charge in [0.05, 0.1) is 22.3 Å². The van der Waals surface area contributed by atoms with Crippen molar-refractivity contribution in [1.29, 1.82) is 0 Å². The summed E-state index contributed by atoms with van der Waals surface area (Å²) in [5.41, 5.74) is 0.745. The summed E-state index contributed by atoms with van der Waals surface area (Å²) in [6.07, 6.45) is 1.65. The van der Waals surface area contributed by atoms with Gasteiger partial charge in [0, 0.05) is 12.4 Å². The molecule has 2 aromatic rings. The number of nitrogens with zero attached hydrogens (tertiary/aromatic N) is 2. The Balaban J connectivity index is 2.86. The summed E-state index contributed by atoms with van der Waals surface area (Å²) >= 11 is 5.94. The van der Waals surface area contributed by atoms with Crippen molar-refractivity contribution < 1.29 is 9.90 Å². The van der Waals surface area contributed by atoms with Gasteiger partial charge in [0.2, 0.25) is 0 Å². The quantitative estimate of drug-likeness (QED) is 0.783. The predicted octanol–water partition coefficient (Wildman–Crippen LogP) is 1.92. The van der Waals surface area contributed by atoms with Crippen molar-refractivity contribution in [2.24, 2.45) is 7.05 Å². The highest BCUT2D eigenvalue weighted by Crippen LogP contribution is 2.26. The van der Waals surface area contributed by atoms with Crippen LogP contribution in [0.2, 0.25) is 5.02 Å². The van der Waals surface area contributed by atoms with Gasteiger partial charge in [0.1, 0.15) is 0 Å². The van der Waals surface area contributed by atoms with Gasteiger partial charge in [0.25, 0.3) is 0 Å². The molecule has 0 unspecified atom stereocenters. The zero-order valence-electron chi connectivity index (χ0n) is 7.36. The molecule has 0 amide bonds. The lowest BCUT2D eigenvalue weighted by molar-refractivity contribution is 0.0697. The van der Waals surface area contributed by atoms with Crippen LogP contribution in [0.5, 0.6) is 0 Å². The first-order valence-corrected chi connectivity index (χ1v) is 4.32. The highest BCUT2D eigenvalue weighted by Gasteiger charge is 2.13. The molecule has 72 valence electrons. The number of aromatic nitrogens is 2. The average Bonchev–Trinajstić information content (AvgIpc) is 2.48. The van der Waals surface area contributed by atoms with E-state index in [1.54, 1.807) is 24.0 Å². The van der Waals surface area contributed by atoms with Crippen molar-refractivity contribution in [1.82, 2.24) is 9.78 Å². The normalized spacial score (nSPS) is 10.7. The second-order valence-electron chi connectivity index (χ2n) is 2.94. The minimum Gasteiger partial charge on any atom is -0.478 e. The monoisotopic (exact) mass is 210 g/mol. The van der Waals surface area contributed by atoms with Crippen LogP contribution in [0.25, 0.3) is 10.9 Å². The van der Waals surface area contributed by atoms with Crippen LogP contribution in [0.15, 0.2) is 18.3 Å². The third-order valence-electron chi connectivity index (χ3n) is 2.07. The Hall–Kier alpha value is -1.55. The van der Waals surface area contributed by atoms with E-state index in [-0.39, 0.29) is 10.6 Å². The predicted molar refractivity (Wildman–Crippen MR) is 52.7 cm³/mol. The van der Waals surface area contributed by atoms with Crippen molar-refractivity contribution >= 4 is 28.5 Å². The summed E-state index contributed by atoms with van der Waals surface area (Å²) in [7, 11) is 1.72. The summed E-state index contributed by atoms with van der Waals surface area (Å²) in [5.74, 6) is -1.03. The number of rotatable bonds is 1. The van der Waals surface area contributed by atoms with Gasteiger partial charge in [-0.25, -0.2) is 4.79 Å². The Morgan fingerprint density at radius 1 is 1.57 bits per heavy atom. The molecule has 0 aliphatic rings. The van der Waals surface area contributed by atoms with E-state index < -0.39 is 5.97 Å². The van der Waals surface area contributed by atoms with Gasteiger partial charge in [0.15, 0.2) is 0 Å². The van der Waals surface area contributed by atoms with Crippen molar-refractivity contribution in [3.63, 3.8) is 0 Å². The molecule has 1 aromatic carbocycles. The second kappa shape index (κ2) is 2.99. The fraction of sp³-hybridized carbons (Fsp3) is 0.111. The van der Waals surface area contributed by atoms with Gasteiger partial charge < -0.3 is 5.11 Å². The number of fused-ring (bicyclic) bond motifs is 1. The maximum Gasteiger partial charge on any atom is 0.337 e. The van der Waals surface area contributed by atoms with E-state index in [4.69, 9.17) is 16.7 Å². The second-order valence-corrected chi connectivity index (χ2v) is 3.32. The van der Waals surface area contributed by atoms with Crippen LogP contribution in [-0.4, -0.2) is 20.9 Å². The number of aromatic carboxylic acids is 1. The fourth-order valence-corrected chi connectivity index (χ4v) is 1.76. The summed E-state index contributed by atoms with van der Waals surface area (Å²) in [6.45, 7) is 0. The Morgan fingerprint density at radius 3 is 2.93 bits per heavy atom. The molecule has 4 nitrogen and oxygen atoms in total. The summed E-state index contributed by atoms with van der Waals surface area (Å²) in [5, 5.41) is 13.9. The number of carbonyl (C=O) groups is 1. The first-order chi connectivity index (χ1) is 6.61. The van der Waals surface area contributed by atoms with Crippen molar-refractivity contribution in [2.45, 2.75) is 0 Å². The van der Waals surface area contributed by atoms with Crippen LogP contribution in [0.4, 0.5) is 0 Å². The molecule has 0 fully saturated rings. The molecule has 0 atom stereocenters. The molecule has 1 aromatic heterocycles. The van der Waals surface area contributed by atoms with E-state index in [0.717, 1.165) is 5.39 Å². The number of hydrogen-bond acceptors (Lipinski definition) is 2. The lowest BCUT2D eigenvalue weighted by atomic mass is 10.1. The lowest BCUT2D eigenvalue weighted by Gasteiger charge is -2.01. The fourth-order valence-electron chi connectivity index (χ4n) is 1.38. The zero-order valence-corrected chi connectivity index (χ0v) is 8.12. The van der Waals surface area contributed by atoms with E-state index in [9.17, 15) is 4.79 Å². The topological polar surface area (TPSA) is 55.1 Å². The molecule has 2 rings (SSSR count). The van der Waals surface area contributed by atoms with Crippen LogP contribution >= 0.6 is 11.6 Å². The minimum atomic E-state index is -1.03. The molecule has 0 aliphatic heterocycles. The smallest absolute Gasteiger partial charge is 0.337 e. The number of benzene rings is 1.